The highest BCUT2D eigenvalue weighted by Crippen LogP contribution is 2.48. The van der Waals surface area contributed by atoms with Crippen molar-refractivity contribution < 1.29 is 32.2 Å². The molecule has 0 saturated heterocycles. The van der Waals surface area contributed by atoms with Gasteiger partial charge in [0.15, 0.2) is 11.0 Å². The minimum Gasteiger partial charge on any atom is -0.748 e. The van der Waals surface area contributed by atoms with Gasteiger partial charge in [0.1, 0.15) is 18.5 Å². The van der Waals surface area contributed by atoms with Crippen LogP contribution in [0.25, 0.3) is 28.2 Å². The number of hydrogen-bond donors (Lipinski definition) is 2. The van der Waals surface area contributed by atoms with Gasteiger partial charge in [-0.1, -0.05) is 91.5 Å². The largest absolute Gasteiger partial charge is 0.748 e. The molecule has 1 unspecified atom stereocenters. The highest BCUT2D eigenvalue weighted by molar-refractivity contribution is 8.03. The first-order chi connectivity index (χ1) is 31.5. The Hall–Kier alpha value is -5.86. The number of carbonyl (C=O) groups is 1. The molecule has 6 aromatic rings. The van der Waals surface area contributed by atoms with E-state index in [1.54, 1.807) is 11.8 Å². The number of thioether (sulfide) groups is 1. The summed E-state index contributed by atoms with van der Waals surface area (Å²) in [4.78, 5) is 17.5. The Labute approximate surface area is 386 Å². The summed E-state index contributed by atoms with van der Waals surface area (Å²) in [7, 11) is -4.35. The van der Waals surface area contributed by atoms with Crippen molar-refractivity contribution in [1.82, 2.24) is 9.88 Å². The van der Waals surface area contributed by atoms with Crippen LogP contribution < -0.4 is 24.4 Å². The third-order valence-corrected chi connectivity index (χ3v) is 14.1. The number of allylic oxidation sites excluding steroid dienone is 2. The highest BCUT2D eigenvalue weighted by atomic mass is 32.2. The lowest BCUT2D eigenvalue weighted by atomic mass is 9.93. The number of aliphatic carboxylic acids is 1. The number of benzene rings is 5. The van der Waals surface area contributed by atoms with Crippen LogP contribution in [0.3, 0.4) is 0 Å². The molecule has 5 aromatic carbocycles. The summed E-state index contributed by atoms with van der Waals surface area (Å²) in [5, 5.41) is 14.5. The van der Waals surface area contributed by atoms with E-state index < -0.39 is 27.9 Å². The fourth-order valence-corrected chi connectivity index (χ4v) is 10.5. The van der Waals surface area contributed by atoms with Gasteiger partial charge in [0.05, 0.1) is 33.9 Å². The summed E-state index contributed by atoms with van der Waals surface area (Å²) >= 11 is 1.67. The maximum Gasteiger partial charge on any atom is 0.326 e. The lowest BCUT2D eigenvalue weighted by Crippen LogP contribution is -2.45. The molecule has 0 fully saturated rings. The molecule has 338 valence electrons. The molecule has 2 N–H and O–H groups in total. The van der Waals surface area contributed by atoms with Gasteiger partial charge in [-0.05, 0) is 122 Å². The maximum atomic E-state index is 12.3. The van der Waals surface area contributed by atoms with E-state index in [1.807, 2.05) is 65.6 Å². The lowest BCUT2D eigenvalue weighted by Gasteiger charge is -2.36. The van der Waals surface area contributed by atoms with Crippen LogP contribution in [0, 0.1) is 6.92 Å². The monoisotopic (exact) mass is 911 g/mol. The Bertz CT molecular complexity index is 2840. The number of carboxylic acids is 1. The summed E-state index contributed by atoms with van der Waals surface area (Å²) in [5.41, 5.74) is 10.9. The van der Waals surface area contributed by atoms with E-state index >= 15 is 0 Å². The van der Waals surface area contributed by atoms with E-state index in [-0.39, 0.29) is 6.42 Å². The first-order valence-corrected chi connectivity index (χ1v) is 24.9. The molecule has 2 aliphatic heterocycles. The van der Waals surface area contributed by atoms with Crippen molar-refractivity contribution in [3.05, 3.63) is 154 Å². The molecule has 1 aromatic heterocycles. The van der Waals surface area contributed by atoms with Crippen LogP contribution in [-0.4, -0.2) is 60.2 Å². The zero-order valence-corrected chi connectivity index (χ0v) is 38.9. The molecule has 11 nitrogen and oxygen atoms in total. The van der Waals surface area contributed by atoms with Gasteiger partial charge in [-0.2, -0.15) is 0 Å². The van der Waals surface area contributed by atoms with E-state index in [0.29, 0.717) is 32.0 Å². The number of rotatable bonds is 19. The SMILES string of the molecule is CC/C(C=C1Sc2ccc(-c3ccccc3)cc2N1CCCS(=O)(=O)[O-])=C\c1n(CCCCNCOc2cccc(N3Cc4ccccc4CC3C(=O)O)c2)c2cc(C)ccc2[n+]1CC. The Kier molecular flexibility index (Phi) is 14.4. The Morgan fingerprint density at radius 2 is 1.71 bits per heavy atom. The normalized spacial score (nSPS) is 15.7. The van der Waals surface area contributed by atoms with E-state index in [0.717, 1.165) is 93.8 Å². The molecule has 65 heavy (non-hydrogen) atoms. The van der Waals surface area contributed by atoms with Crippen molar-refractivity contribution in [3.8, 4) is 16.9 Å². The molecule has 0 spiro atoms. The van der Waals surface area contributed by atoms with Crippen molar-refractivity contribution in [2.45, 2.75) is 83.4 Å². The molecule has 13 heteroatoms. The lowest BCUT2D eigenvalue weighted by molar-refractivity contribution is -0.670. The van der Waals surface area contributed by atoms with Crippen LogP contribution in [0.4, 0.5) is 11.4 Å². The third kappa shape index (κ3) is 10.8. The molecular weight excluding hydrogens is 855 g/mol. The molecule has 0 saturated carbocycles. The van der Waals surface area contributed by atoms with Crippen LogP contribution in [-0.2, 0) is 41.0 Å². The Balaban J connectivity index is 0.963. The van der Waals surface area contributed by atoms with E-state index in [9.17, 15) is 22.9 Å². The van der Waals surface area contributed by atoms with Crippen LogP contribution in [0.2, 0.25) is 0 Å². The number of imidazole rings is 1. The van der Waals surface area contributed by atoms with Gasteiger partial charge in [0, 0.05) is 48.0 Å². The first kappa shape index (κ1) is 45.7. The van der Waals surface area contributed by atoms with Gasteiger partial charge >= 0.3 is 5.97 Å². The number of anilines is 2. The predicted octanol–water partition coefficient (Wildman–Crippen LogP) is 9.53. The number of aryl methyl sites for hydroxylation is 3. The quantitative estimate of drug-likeness (QED) is 0.0351. The molecule has 0 amide bonds. The van der Waals surface area contributed by atoms with Crippen molar-refractivity contribution in [2.24, 2.45) is 0 Å². The molecule has 0 radical (unpaired) electrons. The maximum absolute atomic E-state index is 12.3. The summed E-state index contributed by atoms with van der Waals surface area (Å²) in [6.45, 7) is 10.1. The molecule has 8 rings (SSSR count). The highest BCUT2D eigenvalue weighted by Gasteiger charge is 2.32. The number of ether oxygens (including phenoxy) is 1. The van der Waals surface area contributed by atoms with Crippen molar-refractivity contribution >= 4 is 56.3 Å². The summed E-state index contributed by atoms with van der Waals surface area (Å²) in [5.74, 6) is 0.558. The standard InChI is InChI=1S/C52H57N5O6S2/c1-4-38(31-51-56(27-14-28-65(60,61)62)47-32-41(22-24-49(47)64-51)39-15-7-6-8-16-39)30-50-54(5-2)45-23-21-37(3)29-46(45)55(50)26-12-11-25-53-36-63-44-20-13-19-43(34-44)57-35-42-18-10-9-17-40(42)33-48(57)52(58)59/h6-10,13,15-24,29-32,34,48,53H,4-5,11-12,14,25-28,33,35-36H2,1-3H3,(H-,58,59,60,61,62). The topological polar surface area (TPSA) is 131 Å². The molecule has 0 bridgehead atoms. The smallest absolute Gasteiger partial charge is 0.326 e. The van der Waals surface area contributed by atoms with Crippen LogP contribution >= 0.6 is 11.8 Å². The predicted molar refractivity (Wildman–Crippen MR) is 260 cm³/mol. The number of unbranched alkanes of at least 4 members (excludes halogenated alkanes) is 1. The second-order valence-corrected chi connectivity index (χ2v) is 19.3. The molecule has 3 heterocycles. The van der Waals surface area contributed by atoms with Gasteiger partial charge in [0.2, 0.25) is 0 Å². The molecular formula is C52H57N5O6S2. The Morgan fingerprint density at radius 3 is 2.48 bits per heavy atom. The fourth-order valence-electron chi connectivity index (χ4n) is 8.91. The van der Waals surface area contributed by atoms with Gasteiger partial charge in [-0.15, -0.1) is 0 Å². The van der Waals surface area contributed by atoms with E-state index in [2.05, 4.69) is 107 Å². The number of fused-ring (bicyclic) bond motifs is 3. The van der Waals surface area contributed by atoms with Crippen LogP contribution in [0.15, 0.2) is 137 Å². The number of aromatic nitrogens is 2. The van der Waals surface area contributed by atoms with Gasteiger partial charge in [-0.3, -0.25) is 5.32 Å². The molecule has 0 aliphatic carbocycles. The van der Waals surface area contributed by atoms with Gasteiger partial charge in [0.25, 0.3) is 5.82 Å². The second kappa shape index (κ2) is 20.5. The Morgan fingerprint density at radius 1 is 0.908 bits per heavy atom. The average molecular weight is 912 g/mol. The van der Waals surface area contributed by atoms with Gasteiger partial charge < -0.3 is 24.2 Å². The minimum atomic E-state index is -4.35. The molecule has 2 aliphatic rings. The summed E-state index contributed by atoms with van der Waals surface area (Å²) in [6, 6.07) is 38.4. The zero-order valence-electron chi connectivity index (χ0n) is 37.3. The van der Waals surface area contributed by atoms with Crippen LogP contribution in [0.5, 0.6) is 5.75 Å². The van der Waals surface area contributed by atoms with E-state index in [4.69, 9.17) is 4.74 Å². The number of hydrogen-bond acceptors (Lipinski definition) is 9. The number of nitrogens with zero attached hydrogens (tertiary/aromatic N) is 4. The van der Waals surface area contributed by atoms with Crippen LogP contribution in [0.1, 0.15) is 62.0 Å². The summed E-state index contributed by atoms with van der Waals surface area (Å²) in [6.07, 6.45) is 7.85. The third-order valence-electron chi connectivity index (χ3n) is 12.2. The fraction of sp³-hybridized carbons (Fsp3) is 0.308. The van der Waals surface area contributed by atoms with E-state index in [1.165, 1.54) is 16.6 Å². The second-order valence-electron chi connectivity index (χ2n) is 16.7. The number of carboxylic acid groups (broad SMARTS) is 1. The zero-order chi connectivity index (χ0) is 45.5. The molecule has 1 atom stereocenters. The summed E-state index contributed by atoms with van der Waals surface area (Å²) < 4.78 is 45.9. The van der Waals surface area contributed by atoms with Crippen molar-refractivity contribution in [3.63, 3.8) is 0 Å². The minimum absolute atomic E-state index is 0.227. The average Bonchev–Trinajstić information content (AvgIpc) is 3.79. The van der Waals surface area contributed by atoms with Gasteiger partial charge in [-0.25, -0.2) is 22.3 Å². The first-order valence-electron chi connectivity index (χ1n) is 22.5. The number of nitrogens with one attached hydrogen (secondary N) is 1. The van der Waals surface area contributed by atoms with Crippen molar-refractivity contribution in [1.29, 1.82) is 0 Å². The van der Waals surface area contributed by atoms with Crippen molar-refractivity contribution in [2.75, 3.05) is 35.4 Å².